The number of alkyl halides is 2. The fourth-order valence-corrected chi connectivity index (χ4v) is 3.87. The first kappa shape index (κ1) is 14.8. The molecule has 0 fully saturated rings. The lowest BCUT2D eigenvalue weighted by atomic mass is 10.0. The quantitative estimate of drug-likeness (QED) is 0.784. The maximum Gasteiger partial charge on any atom is 0.244 e. The molecule has 0 aromatic carbocycles. The lowest BCUT2D eigenvalue weighted by Gasteiger charge is -2.28. The summed E-state index contributed by atoms with van der Waals surface area (Å²) in [6.07, 6.45) is 1.77. The topological polar surface area (TPSA) is 74.8 Å². The largest absolute Gasteiger partial charge is 0.281 e. The van der Waals surface area contributed by atoms with Crippen molar-refractivity contribution in [3.63, 3.8) is 0 Å². The first-order valence-electron chi connectivity index (χ1n) is 5.06. The molecular weight excluding hydrogens is 285 g/mol. The summed E-state index contributed by atoms with van der Waals surface area (Å²) in [5.74, 6) is 0.228. The van der Waals surface area contributed by atoms with Gasteiger partial charge in [-0.05, 0) is 13.3 Å². The summed E-state index contributed by atoms with van der Waals surface area (Å²) in [4.78, 5) is 0.116. The minimum atomic E-state index is -3.65. The molecule has 2 N–H and O–H groups in total. The Labute approximate surface area is 111 Å². The van der Waals surface area contributed by atoms with Crippen molar-refractivity contribution in [2.24, 2.45) is 0 Å². The number of nitrogens with one attached hydrogen (secondary N) is 2. The number of aryl methyl sites for hydroxylation is 1. The summed E-state index contributed by atoms with van der Waals surface area (Å²) in [7, 11) is -3.65. The summed E-state index contributed by atoms with van der Waals surface area (Å²) >= 11 is 11.6. The molecule has 0 spiro atoms. The van der Waals surface area contributed by atoms with Crippen LogP contribution in [0.3, 0.4) is 0 Å². The SMILES string of the molecule is CCC(CCl)(CCl)NS(=O)(=O)c1cn[nH]c1C. The molecule has 8 heteroatoms. The van der Waals surface area contributed by atoms with Crippen LogP contribution in [0, 0.1) is 6.92 Å². The fourth-order valence-electron chi connectivity index (χ4n) is 1.30. The average molecular weight is 300 g/mol. The lowest BCUT2D eigenvalue weighted by Crippen LogP contribution is -2.51. The number of hydrogen-bond acceptors (Lipinski definition) is 3. The molecule has 1 heterocycles. The molecule has 0 saturated carbocycles. The average Bonchev–Trinajstić information content (AvgIpc) is 2.73. The van der Waals surface area contributed by atoms with Gasteiger partial charge in [0.1, 0.15) is 4.90 Å². The number of rotatable bonds is 6. The first-order chi connectivity index (χ1) is 7.90. The van der Waals surface area contributed by atoms with Crippen molar-refractivity contribution in [2.75, 3.05) is 11.8 Å². The molecule has 1 aromatic heterocycles. The zero-order valence-electron chi connectivity index (χ0n) is 9.63. The molecule has 0 aliphatic rings. The Kier molecular flexibility index (Phi) is 4.83. The molecule has 1 aromatic rings. The Morgan fingerprint density at radius 1 is 1.47 bits per heavy atom. The molecule has 5 nitrogen and oxygen atoms in total. The fraction of sp³-hybridized carbons (Fsp3) is 0.667. The van der Waals surface area contributed by atoms with E-state index in [-0.39, 0.29) is 16.7 Å². The van der Waals surface area contributed by atoms with E-state index in [9.17, 15) is 8.42 Å². The highest BCUT2D eigenvalue weighted by Crippen LogP contribution is 2.20. The molecule has 0 saturated heterocycles. The number of sulfonamides is 1. The second kappa shape index (κ2) is 5.56. The molecule has 0 aliphatic carbocycles. The third-order valence-electron chi connectivity index (χ3n) is 2.61. The predicted octanol–water partition coefficient (Wildman–Crippen LogP) is 1.62. The molecule has 98 valence electrons. The number of aromatic nitrogens is 2. The van der Waals surface area contributed by atoms with Crippen LogP contribution in [-0.4, -0.2) is 35.9 Å². The normalized spacial score (nSPS) is 12.9. The van der Waals surface area contributed by atoms with E-state index in [0.717, 1.165) is 0 Å². The van der Waals surface area contributed by atoms with E-state index in [0.29, 0.717) is 12.1 Å². The van der Waals surface area contributed by atoms with Gasteiger partial charge in [-0.25, -0.2) is 13.1 Å². The first-order valence-corrected chi connectivity index (χ1v) is 7.62. The second-order valence-electron chi connectivity index (χ2n) is 3.87. The van der Waals surface area contributed by atoms with Gasteiger partial charge in [-0.3, -0.25) is 5.10 Å². The van der Waals surface area contributed by atoms with Crippen molar-refractivity contribution in [2.45, 2.75) is 30.7 Å². The van der Waals surface area contributed by atoms with Crippen LogP contribution < -0.4 is 4.72 Å². The van der Waals surface area contributed by atoms with Crippen molar-refractivity contribution in [3.05, 3.63) is 11.9 Å². The van der Waals surface area contributed by atoms with E-state index in [1.54, 1.807) is 6.92 Å². The van der Waals surface area contributed by atoms with Crippen LogP contribution in [0.15, 0.2) is 11.1 Å². The van der Waals surface area contributed by atoms with Gasteiger partial charge in [0.05, 0.1) is 17.4 Å². The van der Waals surface area contributed by atoms with E-state index < -0.39 is 15.6 Å². The van der Waals surface area contributed by atoms with Crippen molar-refractivity contribution in [3.8, 4) is 0 Å². The van der Waals surface area contributed by atoms with Crippen LogP contribution in [0.2, 0.25) is 0 Å². The highest BCUT2D eigenvalue weighted by Gasteiger charge is 2.33. The summed E-state index contributed by atoms with van der Waals surface area (Å²) in [6, 6.07) is 0. The number of halogens is 2. The molecular formula is C9H15Cl2N3O2S. The smallest absolute Gasteiger partial charge is 0.244 e. The van der Waals surface area contributed by atoms with Crippen molar-refractivity contribution < 1.29 is 8.42 Å². The van der Waals surface area contributed by atoms with Crippen LogP contribution in [-0.2, 0) is 10.0 Å². The Morgan fingerprint density at radius 3 is 2.41 bits per heavy atom. The van der Waals surface area contributed by atoms with Gasteiger partial charge >= 0.3 is 0 Å². The van der Waals surface area contributed by atoms with Crippen molar-refractivity contribution in [1.29, 1.82) is 0 Å². The predicted molar refractivity (Wildman–Crippen MR) is 68.1 cm³/mol. The van der Waals surface area contributed by atoms with Gasteiger partial charge in [0.2, 0.25) is 10.0 Å². The van der Waals surface area contributed by atoms with Gasteiger partial charge in [0.25, 0.3) is 0 Å². The maximum absolute atomic E-state index is 12.1. The van der Waals surface area contributed by atoms with Gasteiger partial charge in [-0.1, -0.05) is 6.92 Å². The van der Waals surface area contributed by atoms with Crippen molar-refractivity contribution in [1.82, 2.24) is 14.9 Å². The Hall–Kier alpha value is -0.300. The summed E-state index contributed by atoms with van der Waals surface area (Å²) < 4.78 is 26.8. The second-order valence-corrected chi connectivity index (χ2v) is 6.05. The van der Waals surface area contributed by atoms with Crippen LogP contribution in [0.4, 0.5) is 0 Å². The minimum absolute atomic E-state index is 0.114. The third kappa shape index (κ3) is 3.13. The number of H-pyrrole nitrogens is 1. The van der Waals surface area contributed by atoms with E-state index in [2.05, 4.69) is 14.9 Å². The molecule has 1 rings (SSSR count). The maximum atomic E-state index is 12.1. The van der Waals surface area contributed by atoms with Crippen molar-refractivity contribution >= 4 is 33.2 Å². The standard InChI is InChI=1S/C9H15Cl2N3O2S/c1-3-9(5-10,6-11)14-17(15,16)8-4-12-13-7(8)2/h4,14H,3,5-6H2,1-2H3,(H,12,13). The number of hydrogen-bond donors (Lipinski definition) is 2. The monoisotopic (exact) mass is 299 g/mol. The van der Waals surface area contributed by atoms with Crippen LogP contribution in [0.25, 0.3) is 0 Å². The van der Waals surface area contributed by atoms with Crippen LogP contribution in [0.1, 0.15) is 19.0 Å². The Balaban J connectivity index is 3.05. The van der Waals surface area contributed by atoms with Gasteiger partial charge in [-0.2, -0.15) is 5.10 Å². The molecule has 0 radical (unpaired) electrons. The van der Waals surface area contributed by atoms with Gasteiger partial charge in [0, 0.05) is 11.8 Å². The summed E-state index contributed by atoms with van der Waals surface area (Å²) in [5, 5.41) is 6.26. The molecule has 0 unspecified atom stereocenters. The number of nitrogens with zero attached hydrogens (tertiary/aromatic N) is 1. The molecule has 0 amide bonds. The molecule has 17 heavy (non-hydrogen) atoms. The lowest BCUT2D eigenvalue weighted by molar-refractivity contribution is 0.449. The number of aromatic amines is 1. The van der Waals surface area contributed by atoms with E-state index in [1.165, 1.54) is 6.20 Å². The highest BCUT2D eigenvalue weighted by molar-refractivity contribution is 7.89. The van der Waals surface area contributed by atoms with E-state index in [4.69, 9.17) is 23.2 Å². The van der Waals surface area contributed by atoms with Crippen LogP contribution in [0.5, 0.6) is 0 Å². The zero-order valence-corrected chi connectivity index (χ0v) is 12.0. The van der Waals surface area contributed by atoms with E-state index >= 15 is 0 Å². The van der Waals surface area contributed by atoms with Crippen LogP contribution >= 0.6 is 23.2 Å². The van der Waals surface area contributed by atoms with Gasteiger partial charge in [-0.15, -0.1) is 23.2 Å². The zero-order chi connectivity index (χ0) is 13.1. The van der Waals surface area contributed by atoms with E-state index in [1.807, 2.05) is 6.92 Å². The highest BCUT2D eigenvalue weighted by atomic mass is 35.5. The Bertz CT molecular complexity index is 460. The minimum Gasteiger partial charge on any atom is -0.281 e. The molecule has 0 aliphatic heterocycles. The Morgan fingerprint density at radius 2 is 2.06 bits per heavy atom. The summed E-state index contributed by atoms with van der Waals surface area (Å²) in [5.41, 5.74) is -0.349. The molecule has 0 atom stereocenters. The van der Waals surface area contributed by atoms with Gasteiger partial charge < -0.3 is 0 Å². The summed E-state index contributed by atoms with van der Waals surface area (Å²) in [6.45, 7) is 3.46. The third-order valence-corrected chi connectivity index (χ3v) is 5.33. The van der Waals surface area contributed by atoms with Gasteiger partial charge in [0.15, 0.2) is 0 Å². The molecule has 0 bridgehead atoms.